The number of piperazine rings is 2. The number of aryl methyl sites for hydroxylation is 1. The molecule has 8 unspecified atom stereocenters. The number of carbonyl (C=O) groups excluding carboxylic acids is 2. The molecular weight excluding hydrogens is 734 g/mol. The predicted octanol–water partition coefficient (Wildman–Crippen LogP) is 5.53. The Hall–Kier alpha value is -2.54. The molecule has 2 aromatic rings. The van der Waals surface area contributed by atoms with E-state index in [0.29, 0.717) is 44.1 Å². The van der Waals surface area contributed by atoms with Crippen molar-refractivity contribution in [3.63, 3.8) is 0 Å². The van der Waals surface area contributed by atoms with Gasteiger partial charge in [-0.05, 0) is 98.2 Å². The summed E-state index contributed by atoms with van der Waals surface area (Å²) in [7, 11) is -1.56. The highest BCUT2D eigenvalue weighted by molar-refractivity contribution is 7.84. The number of halogens is 1. The maximum absolute atomic E-state index is 13.6. The Labute approximate surface area is 335 Å². The van der Waals surface area contributed by atoms with E-state index in [1.165, 1.54) is 11.1 Å². The zero-order chi connectivity index (χ0) is 38.7. The van der Waals surface area contributed by atoms with E-state index in [9.17, 15) is 18.9 Å². The molecular formula is C43H62ClN5O5S. The molecule has 3 fully saturated rings. The number of anilines is 1. The van der Waals surface area contributed by atoms with Crippen molar-refractivity contribution in [2.75, 3.05) is 77.0 Å². The number of rotatable bonds is 8. The topological polar surface area (TPSA) is 106 Å². The van der Waals surface area contributed by atoms with Crippen molar-refractivity contribution >= 4 is 40.5 Å². The largest absolute Gasteiger partial charge is 0.491 e. The van der Waals surface area contributed by atoms with E-state index < -0.39 is 16.6 Å². The van der Waals surface area contributed by atoms with Gasteiger partial charge in [-0.25, -0.2) is 4.21 Å². The van der Waals surface area contributed by atoms with Gasteiger partial charge in [0.2, 0.25) is 0 Å². The van der Waals surface area contributed by atoms with Gasteiger partial charge >= 0.3 is 0 Å². The second-order valence-corrected chi connectivity index (χ2v) is 19.2. The molecule has 1 amide bonds. The van der Waals surface area contributed by atoms with Crippen LogP contribution in [0.15, 0.2) is 36.4 Å². The van der Waals surface area contributed by atoms with Crippen LogP contribution in [0.25, 0.3) is 0 Å². The first kappa shape index (κ1) is 40.6. The summed E-state index contributed by atoms with van der Waals surface area (Å²) in [5.74, 6) is 1.02. The van der Waals surface area contributed by atoms with Crippen LogP contribution in [0.2, 0.25) is 5.02 Å². The molecule has 1 saturated carbocycles. The van der Waals surface area contributed by atoms with Crippen molar-refractivity contribution in [3.05, 3.63) is 58.1 Å². The molecule has 2 bridgehead atoms. The quantitative estimate of drug-likeness (QED) is 0.334. The number of amides is 1. The van der Waals surface area contributed by atoms with Crippen molar-refractivity contribution in [1.82, 2.24) is 19.4 Å². The number of fused-ring (bicyclic) bond motifs is 3. The van der Waals surface area contributed by atoms with Crippen LogP contribution < -0.4 is 14.4 Å². The maximum Gasteiger partial charge on any atom is 0.263 e. The Bertz CT molecular complexity index is 1700. The maximum atomic E-state index is 13.6. The zero-order valence-electron chi connectivity index (χ0n) is 33.1. The summed E-state index contributed by atoms with van der Waals surface area (Å²) in [4.78, 5) is 34.7. The van der Waals surface area contributed by atoms with E-state index in [-0.39, 0.29) is 34.8 Å². The molecule has 4 heterocycles. The van der Waals surface area contributed by atoms with Crippen LogP contribution in [0.1, 0.15) is 93.1 Å². The number of nitrogens with one attached hydrogen (secondary N) is 1. The van der Waals surface area contributed by atoms with Gasteiger partial charge in [0.25, 0.3) is 5.91 Å². The number of aliphatic hydroxyl groups is 1. The lowest BCUT2D eigenvalue weighted by Crippen LogP contribution is -2.64. The molecule has 302 valence electrons. The normalized spacial score (nSPS) is 32.6. The third-order valence-corrected chi connectivity index (χ3v) is 15.4. The minimum Gasteiger partial charge on any atom is -0.491 e. The van der Waals surface area contributed by atoms with Crippen LogP contribution in [0, 0.1) is 17.8 Å². The minimum absolute atomic E-state index is 0.0826. The number of benzene rings is 2. The molecule has 55 heavy (non-hydrogen) atoms. The third kappa shape index (κ3) is 9.28. The summed E-state index contributed by atoms with van der Waals surface area (Å²) in [5, 5.41) is 13.5. The lowest BCUT2D eigenvalue weighted by molar-refractivity contribution is -0.116. The average molecular weight is 797 g/mol. The first-order chi connectivity index (χ1) is 26.5. The summed E-state index contributed by atoms with van der Waals surface area (Å²) in [5.41, 5.74) is 2.98. The highest BCUT2D eigenvalue weighted by Crippen LogP contribution is 2.47. The van der Waals surface area contributed by atoms with Crippen molar-refractivity contribution < 1.29 is 23.6 Å². The van der Waals surface area contributed by atoms with E-state index in [4.69, 9.17) is 16.3 Å². The van der Waals surface area contributed by atoms with Gasteiger partial charge in [0.05, 0.1) is 23.1 Å². The fraction of sp³-hybridized carbons (Fsp3) is 0.674. The SMILES string of the molecule is CCCc1cc(Cl)ccc1C1COc2ccc3cc2N(C1)CC1CCC1C(O)(CN1CCN2CCN(CCC=O)CC2C1)CCCC(C)C(C)S(=O)NC3=O. The second kappa shape index (κ2) is 17.9. The minimum atomic E-state index is -1.56. The predicted molar refractivity (Wildman–Crippen MR) is 221 cm³/mol. The third-order valence-electron chi connectivity index (χ3n) is 13.6. The summed E-state index contributed by atoms with van der Waals surface area (Å²) in [6.07, 6.45) is 7.92. The van der Waals surface area contributed by atoms with Crippen molar-refractivity contribution in [2.24, 2.45) is 17.8 Å². The van der Waals surface area contributed by atoms with Gasteiger partial charge in [-0.3, -0.25) is 19.3 Å². The summed E-state index contributed by atoms with van der Waals surface area (Å²) >= 11 is 6.50. The van der Waals surface area contributed by atoms with Gasteiger partial charge in [0.1, 0.15) is 23.0 Å². The van der Waals surface area contributed by atoms with Crippen molar-refractivity contribution in [2.45, 2.75) is 94.9 Å². The Balaban J connectivity index is 1.19. The Morgan fingerprint density at radius 3 is 2.58 bits per heavy atom. The molecule has 4 aliphatic heterocycles. The average Bonchev–Trinajstić information content (AvgIpc) is 3.33. The summed E-state index contributed by atoms with van der Waals surface area (Å²) in [6.45, 7) is 15.6. The van der Waals surface area contributed by atoms with Crippen LogP contribution in [0.3, 0.4) is 0 Å². The van der Waals surface area contributed by atoms with Gasteiger partial charge in [0.15, 0.2) is 0 Å². The highest BCUT2D eigenvalue weighted by atomic mass is 35.5. The van der Waals surface area contributed by atoms with Gasteiger partial charge in [-0.1, -0.05) is 44.4 Å². The zero-order valence-corrected chi connectivity index (χ0v) is 34.7. The van der Waals surface area contributed by atoms with E-state index in [2.05, 4.69) is 50.3 Å². The summed E-state index contributed by atoms with van der Waals surface area (Å²) < 4.78 is 22.9. The van der Waals surface area contributed by atoms with Gasteiger partial charge < -0.3 is 24.4 Å². The fourth-order valence-corrected chi connectivity index (χ4v) is 11.3. The molecule has 2 N–H and O–H groups in total. The molecule has 5 aliphatic rings. The Morgan fingerprint density at radius 2 is 1.82 bits per heavy atom. The first-order valence-corrected chi connectivity index (χ1v) is 22.5. The molecule has 0 spiro atoms. The Kier molecular flexibility index (Phi) is 13.3. The molecule has 0 radical (unpaired) electrons. The van der Waals surface area contributed by atoms with Gasteiger partial charge in [0, 0.05) is 94.4 Å². The number of carbonyl (C=O) groups is 2. The van der Waals surface area contributed by atoms with Gasteiger partial charge in [-0.15, -0.1) is 0 Å². The number of nitrogens with zero attached hydrogens (tertiary/aromatic N) is 4. The van der Waals surface area contributed by atoms with Crippen LogP contribution in [-0.4, -0.2) is 125 Å². The molecule has 10 nitrogen and oxygen atoms in total. The molecule has 12 heteroatoms. The number of ether oxygens (including phenoxy) is 1. The van der Waals surface area contributed by atoms with E-state index in [0.717, 1.165) is 114 Å². The lowest BCUT2D eigenvalue weighted by Gasteiger charge is -2.53. The molecule has 7 rings (SSSR count). The monoisotopic (exact) mass is 795 g/mol. The number of β-amino-alcohol motifs (C(OH)–C–C–N with tert-alkyl or cyclic N) is 1. The smallest absolute Gasteiger partial charge is 0.263 e. The molecule has 0 aromatic heterocycles. The van der Waals surface area contributed by atoms with Crippen LogP contribution in [-0.2, 0) is 22.2 Å². The number of aldehydes is 1. The lowest BCUT2D eigenvalue weighted by atomic mass is 9.62. The first-order valence-electron chi connectivity index (χ1n) is 20.9. The number of hydrogen-bond acceptors (Lipinski definition) is 9. The summed E-state index contributed by atoms with van der Waals surface area (Å²) in [6, 6.07) is 12.2. The van der Waals surface area contributed by atoms with E-state index in [1.54, 1.807) is 6.07 Å². The van der Waals surface area contributed by atoms with Crippen molar-refractivity contribution in [3.8, 4) is 5.75 Å². The molecule has 2 aromatic carbocycles. The Morgan fingerprint density at radius 1 is 1.02 bits per heavy atom. The second-order valence-electron chi connectivity index (χ2n) is 17.2. The van der Waals surface area contributed by atoms with Crippen molar-refractivity contribution in [1.29, 1.82) is 0 Å². The van der Waals surface area contributed by atoms with E-state index >= 15 is 0 Å². The van der Waals surface area contributed by atoms with Crippen LogP contribution in [0.5, 0.6) is 5.75 Å². The fourth-order valence-electron chi connectivity index (χ4n) is 10.1. The highest BCUT2D eigenvalue weighted by Gasteiger charge is 2.49. The molecule has 8 atom stereocenters. The molecule has 2 saturated heterocycles. The van der Waals surface area contributed by atoms with Crippen LogP contribution >= 0.6 is 11.6 Å². The molecule has 1 aliphatic carbocycles. The van der Waals surface area contributed by atoms with Gasteiger partial charge in [-0.2, -0.15) is 0 Å². The standard InChI is InChI=1S/C43H62ClN5O5S/c1-4-7-32-22-36(44)11-12-38(32)35-25-49-24-34-9-13-39(34)43(52,29-47-18-20-48-19-17-46(16-6-21-50)26-37(48)27-47)15-5-8-30(2)31(3)55(53)45-42(51)33-10-14-41(54-28-35)40(49)23-33/h10-12,14,21-23,30-31,34-35,37,39,52H,4-9,13,15-20,24-29H2,1-3H3,(H,45,51). The number of hydrogen-bond donors (Lipinski definition) is 2. The van der Waals surface area contributed by atoms with Crippen LogP contribution in [0.4, 0.5) is 5.69 Å². The van der Waals surface area contributed by atoms with E-state index in [1.807, 2.05) is 25.1 Å².